The highest BCUT2D eigenvalue weighted by Crippen LogP contribution is 2.31. The molecule has 1 unspecified atom stereocenters. The fourth-order valence-corrected chi connectivity index (χ4v) is 3.99. The maximum Gasteiger partial charge on any atom is 0.238 e. The molecule has 0 spiro atoms. The first-order valence-corrected chi connectivity index (χ1v) is 11.5. The fraction of sp³-hybridized carbons (Fsp3) is 0.0952. The van der Waals surface area contributed by atoms with Crippen molar-refractivity contribution in [3.63, 3.8) is 0 Å². The molecule has 0 aromatic heterocycles. The Hall–Kier alpha value is -2.09. The molecule has 9 heteroatoms. The SMILES string of the molecule is NS(=O)(=O)c1ccc(NC(CC(=O)c2ccc(Cl)c(Cl)c2)c2ccccc2Cl)cc1. The first kappa shape index (κ1) is 22.6. The van der Waals surface area contributed by atoms with E-state index in [9.17, 15) is 13.2 Å². The maximum atomic E-state index is 12.9. The lowest BCUT2D eigenvalue weighted by Gasteiger charge is -2.21. The summed E-state index contributed by atoms with van der Waals surface area (Å²) in [7, 11) is -3.80. The molecule has 0 saturated heterocycles. The Morgan fingerprint density at radius 3 is 2.17 bits per heavy atom. The van der Waals surface area contributed by atoms with E-state index in [2.05, 4.69) is 5.32 Å². The number of primary sulfonamides is 1. The molecule has 1 atom stereocenters. The van der Waals surface area contributed by atoms with Crippen LogP contribution in [-0.2, 0) is 10.0 Å². The minimum atomic E-state index is -3.80. The fourth-order valence-electron chi connectivity index (χ4n) is 2.91. The Kier molecular flexibility index (Phi) is 7.06. The Balaban J connectivity index is 1.90. The highest BCUT2D eigenvalue weighted by Gasteiger charge is 2.20. The normalized spacial score (nSPS) is 12.4. The summed E-state index contributed by atoms with van der Waals surface area (Å²) in [4.78, 5) is 12.9. The van der Waals surface area contributed by atoms with Crippen molar-refractivity contribution in [1.82, 2.24) is 0 Å². The molecule has 0 amide bonds. The minimum absolute atomic E-state index is 0.00535. The first-order valence-electron chi connectivity index (χ1n) is 8.77. The van der Waals surface area contributed by atoms with E-state index in [1.807, 2.05) is 12.1 Å². The monoisotopic (exact) mass is 482 g/mol. The average molecular weight is 484 g/mol. The second-order valence-electron chi connectivity index (χ2n) is 6.54. The number of sulfonamides is 1. The molecule has 0 saturated carbocycles. The molecule has 3 N–H and O–H groups in total. The van der Waals surface area contributed by atoms with Crippen molar-refractivity contribution in [3.05, 3.63) is 92.9 Å². The molecule has 3 aromatic rings. The second kappa shape index (κ2) is 9.37. The van der Waals surface area contributed by atoms with Gasteiger partial charge in [0.1, 0.15) is 0 Å². The van der Waals surface area contributed by atoms with Crippen LogP contribution in [0.15, 0.2) is 71.6 Å². The number of nitrogens with one attached hydrogen (secondary N) is 1. The Labute approximate surface area is 189 Å². The third kappa shape index (κ3) is 5.53. The molecule has 0 aliphatic carbocycles. The van der Waals surface area contributed by atoms with Crippen molar-refractivity contribution in [2.24, 2.45) is 5.14 Å². The summed E-state index contributed by atoms with van der Waals surface area (Å²) in [5.41, 5.74) is 1.75. The van der Waals surface area contributed by atoms with Gasteiger partial charge in [0, 0.05) is 22.7 Å². The number of nitrogens with two attached hydrogens (primary N) is 1. The van der Waals surface area contributed by atoms with Gasteiger partial charge < -0.3 is 5.32 Å². The van der Waals surface area contributed by atoms with E-state index < -0.39 is 16.1 Å². The lowest BCUT2D eigenvalue weighted by Crippen LogP contribution is -2.17. The molecule has 3 rings (SSSR count). The standard InChI is InChI=1S/C21H17Cl3N2O3S/c22-17-4-2-1-3-16(17)20(12-21(27)13-5-10-18(23)19(24)11-13)26-14-6-8-15(9-7-14)30(25,28)29/h1-11,20,26H,12H2,(H2,25,28,29). The zero-order chi connectivity index (χ0) is 21.9. The number of hydrogen-bond donors (Lipinski definition) is 2. The Morgan fingerprint density at radius 2 is 1.57 bits per heavy atom. The van der Waals surface area contributed by atoms with Crippen LogP contribution in [0.25, 0.3) is 0 Å². The molecule has 0 radical (unpaired) electrons. The molecular formula is C21H17Cl3N2O3S. The van der Waals surface area contributed by atoms with E-state index in [-0.39, 0.29) is 17.1 Å². The van der Waals surface area contributed by atoms with Crippen molar-refractivity contribution in [2.75, 3.05) is 5.32 Å². The molecular weight excluding hydrogens is 467 g/mol. The smallest absolute Gasteiger partial charge is 0.238 e. The zero-order valence-electron chi connectivity index (χ0n) is 15.5. The predicted molar refractivity (Wildman–Crippen MR) is 121 cm³/mol. The van der Waals surface area contributed by atoms with Crippen LogP contribution in [0.1, 0.15) is 28.4 Å². The Morgan fingerprint density at radius 1 is 0.900 bits per heavy atom. The number of rotatable bonds is 7. The maximum absolute atomic E-state index is 12.9. The summed E-state index contributed by atoms with van der Waals surface area (Å²) in [6.07, 6.45) is 0.0820. The third-order valence-electron chi connectivity index (χ3n) is 4.44. The summed E-state index contributed by atoms with van der Waals surface area (Å²) in [5, 5.41) is 9.54. The number of ketones is 1. The van der Waals surface area contributed by atoms with Crippen LogP contribution in [0, 0.1) is 0 Å². The lowest BCUT2D eigenvalue weighted by atomic mass is 9.97. The first-order chi connectivity index (χ1) is 14.1. The van der Waals surface area contributed by atoms with Crippen molar-refractivity contribution in [1.29, 1.82) is 0 Å². The minimum Gasteiger partial charge on any atom is -0.378 e. The lowest BCUT2D eigenvalue weighted by molar-refractivity contribution is 0.0976. The van der Waals surface area contributed by atoms with Crippen LogP contribution in [0.3, 0.4) is 0 Å². The number of anilines is 1. The largest absolute Gasteiger partial charge is 0.378 e. The van der Waals surface area contributed by atoms with Gasteiger partial charge in [0.25, 0.3) is 0 Å². The molecule has 0 aliphatic heterocycles. The summed E-state index contributed by atoms with van der Waals surface area (Å²) in [5.74, 6) is -0.160. The molecule has 0 bridgehead atoms. The molecule has 0 heterocycles. The van der Waals surface area contributed by atoms with E-state index in [0.717, 1.165) is 5.56 Å². The van der Waals surface area contributed by atoms with Crippen molar-refractivity contribution in [3.8, 4) is 0 Å². The van der Waals surface area contributed by atoms with Gasteiger partial charge in [-0.25, -0.2) is 13.6 Å². The number of benzene rings is 3. The van der Waals surface area contributed by atoms with Crippen LogP contribution in [0.4, 0.5) is 5.69 Å². The van der Waals surface area contributed by atoms with E-state index in [1.165, 1.54) is 18.2 Å². The van der Waals surface area contributed by atoms with Crippen molar-refractivity contribution >= 4 is 56.3 Å². The summed E-state index contributed by atoms with van der Waals surface area (Å²) >= 11 is 18.3. The molecule has 30 heavy (non-hydrogen) atoms. The van der Waals surface area contributed by atoms with Gasteiger partial charge in [-0.2, -0.15) is 0 Å². The van der Waals surface area contributed by atoms with Gasteiger partial charge in [0.2, 0.25) is 10.0 Å². The average Bonchev–Trinajstić information content (AvgIpc) is 2.69. The molecule has 156 valence electrons. The topological polar surface area (TPSA) is 89.3 Å². The van der Waals surface area contributed by atoms with Gasteiger partial charge in [-0.3, -0.25) is 4.79 Å². The van der Waals surface area contributed by atoms with Crippen molar-refractivity contribution in [2.45, 2.75) is 17.4 Å². The third-order valence-corrected chi connectivity index (χ3v) is 6.45. The van der Waals surface area contributed by atoms with Crippen LogP contribution < -0.4 is 10.5 Å². The van der Waals surface area contributed by atoms with Crippen LogP contribution >= 0.6 is 34.8 Å². The van der Waals surface area contributed by atoms with Gasteiger partial charge >= 0.3 is 0 Å². The van der Waals surface area contributed by atoms with Gasteiger partial charge in [0.05, 0.1) is 21.0 Å². The molecule has 0 fully saturated rings. The molecule has 3 aromatic carbocycles. The molecule has 5 nitrogen and oxygen atoms in total. The van der Waals surface area contributed by atoms with Crippen LogP contribution in [0.2, 0.25) is 15.1 Å². The summed E-state index contributed by atoms with van der Waals surface area (Å²) in [6, 6.07) is 17.3. The van der Waals surface area contributed by atoms with Gasteiger partial charge in [-0.05, 0) is 54.1 Å². The van der Waals surface area contributed by atoms with Gasteiger partial charge in [0.15, 0.2) is 5.78 Å². The van der Waals surface area contributed by atoms with E-state index in [4.69, 9.17) is 39.9 Å². The zero-order valence-corrected chi connectivity index (χ0v) is 18.6. The number of carbonyl (C=O) groups excluding carboxylic acids is 1. The molecule has 0 aliphatic rings. The van der Waals surface area contributed by atoms with E-state index >= 15 is 0 Å². The summed E-state index contributed by atoms with van der Waals surface area (Å²) < 4.78 is 22.9. The Bertz CT molecular complexity index is 1180. The summed E-state index contributed by atoms with van der Waals surface area (Å²) in [6.45, 7) is 0. The highest BCUT2D eigenvalue weighted by atomic mass is 35.5. The predicted octanol–water partition coefficient (Wildman–Crippen LogP) is 5.72. The van der Waals surface area contributed by atoms with Gasteiger partial charge in [-0.15, -0.1) is 0 Å². The number of hydrogen-bond acceptors (Lipinski definition) is 4. The second-order valence-corrected chi connectivity index (χ2v) is 9.33. The van der Waals surface area contributed by atoms with Crippen LogP contribution in [0.5, 0.6) is 0 Å². The highest BCUT2D eigenvalue weighted by molar-refractivity contribution is 7.89. The number of halogens is 3. The number of Topliss-reactive ketones (excluding diaryl/α,β-unsaturated/α-hetero) is 1. The quantitative estimate of drug-likeness (QED) is 0.421. The number of carbonyl (C=O) groups is 1. The van der Waals surface area contributed by atoms with Gasteiger partial charge in [-0.1, -0.05) is 53.0 Å². The van der Waals surface area contributed by atoms with Crippen LogP contribution in [-0.4, -0.2) is 14.2 Å². The van der Waals surface area contributed by atoms with E-state index in [1.54, 1.807) is 36.4 Å². The van der Waals surface area contributed by atoms with Crippen molar-refractivity contribution < 1.29 is 13.2 Å². The van der Waals surface area contributed by atoms with E-state index in [0.29, 0.717) is 26.3 Å².